The van der Waals surface area contributed by atoms with E-state index in [-0.39, 0.29) is 6.61 Å². The number of methoxy groups -OCH3 is 1. The lowest BCUT2D eigenvalue weighted by molar-refractivity contribution is 0.0457. The average molecular weight is 374 g/mol. The number of nitrogens with zero attached hydrogens (tertiary/aromatic N) is 1. The first-order valence-corrected chi connectivity index (χ1v) is 8.80. The zero-order chi connectivity index (χ0) is 19.7. The van der Waals surface area contributed by atoms with Crippen molar-refractivity contribution in [1.29, 1.82) is 0 Å². The molecule has 0 fully saturated rings. The number of hydrogen-bond acceptors (Lipinski definition) is 5. The summed E-state index contributed by atoms with van der Waals surface area (Å²) in [5, 5.41) is 1.64. The van der Waals surface area contributed by atoms with Crippen LogP contribution in [0, 0.1) is 6.92 Å². The van der Waals surface area contributed by atoms with Gasteiger partial charge in [-0.05, 0) is 24.6 Å². The van der Waals surface area contributed by atoms with Crippen molar-refractivity contribution in [3.63, 3.8) is 0 Å². The molecule has 140 valence electrons. The van der Waals surface area contributed by atoms with E-state index in [0.29, 0.717) is 16.8 Å². The summed E-state index contributed by atoms with van der Waals surface area (Å²) >= 11 is 0. The van der Waals surface area contributed by atoms with Crippen molar-refractivity contribution in [2.75, 3.05) is 7.11 Å². The van der Waals surface area contributed by atoms with Gasteiger partial charge < -0.3 is 14.5 Å². The minimum Gasteiger partial charge on any atom is -0.465 e. The topological polar surface area (TPSA) is 81.3 Å². The molecule has 4 aromatic rings. The molecular weight excluding hydrogens is 356 g/mol. The van der Waals surface area contributed by atoms with Gasteiger partial charge in [-0.1, -0.05) is 36.4 Å². The second-order valence-corrected chi connectivity index (χ2v) is 6.39. The number of aromatic nitrogens is 2. The molecule has 4 rings (SSSR count). The monoisotopic (exact) mass is 374 g/mol. The molecule has 0 saturated heterocycles. The molecule has 0 amide bonds. The summed E-state index contributed by atoms with van der Waals surface area (Å²) in [4.78, 5) is 32.5. The van der Waals surface area contributed by atoms with Crippen LogP contribution in [0.15, 0.2) is 54.7 Å². The number of para-hydroxylation sites is 2. The Hall–Kier alpha value is -3.67. The SMILES string of the molecule is COC(=O)c1c(COC(=O)c2c[nH]c3ccccc23)nc2ccccc2c1C. The van der Waals surface area contributed by atoms with E-state index >= 15 is 0 Å². The zero-order valence-electron chi connectivity index (χ0n) is 15.5. The van der Waals surface area contributed by atoms with Crippen molar-refractivity contribution in [3.8, 4) is 0 Å². The predicted molar refractivity (Wildman–Crippen MR) is 105 cm³/mol. The van der Waals surface area contributed by atoms with E-state index in [1.165, 1.54) is 7.11 Å². The number of pyridine rings is 1. The van der Waals surface area contributed by atoms with Crippen LogP contribution in [-0.2, 0) is 16.1 Å². The van der Waals surface area contributed by atoms with Crippen molar-refractivity contribution < 1.29 is 19.1 Å². The van der Waals surface area contributed by atoms with Crippen molar-refractivity contribution in [1.82, 2.24) is 9.97 Å². The molecule has 0 saturated carbocycles. The van der Waals surface area contributed by atoms with Crippen molar-refractivity contribution >= 4 is 33.7 Å². The number of carbonyl (C=O) groups excluding carboxylic acids is 2. The van der Waals surface area contributed by atoms with Crippen LogP contribution in [0.5, 0.6) is 0 Å². The Morgan fingerprint density at radius 1 is 1.00 bits per heavy atom. The smallest absolute Gasteiger partial charge is 0.340 e. The number of fused-ring (bicyclic) bond motifs is 2. The molecule has 0 unspecified atom stereocenters. The maximum absolute atomic E-state index is 12.6. The Kier molecular flexibility index (Phi) is 4.53. The molecule has 0 bridgehead atoms. The van der Waals surface area contributed by atoms with Gasteiger partial charge in [0.2, 0.25) is 0 Å². The fourth-order valence-corrected chi connectivity index (χ4v) is 3.37. The second-order valence-electron chi connectivity index (χ2n) is 6.39. The average Bonchev–Trinajstić information content (AvgIpc) is 3.16. The molecule has 0 aliphatic rings. The van der Waals surface area contributed by atoms with Gasteiger partial charge in [0.25, 0.3) is 0 Å². The van der Waals surface area contributed by atoms with E-state index in [9.17, 15) is 9.59 Å². The first-order chi connectivity index (χ1) is 13.6. The van der Waals surface area contributed by atoms with E-state index in [4.69, 9.17) is 9.47 Å². The van der Waals surface area contributed by atoms with E-state index in [1.54, 1.807) is 6.20 Å². The first kappa shape index (κ1) is 17.7. The quantitative estimate of drug-likeness (QED) is 0.542. The number of H-pyrrole nitrogens is 1. The van der Waals surface area contributed by atoms with Gasteiger partial charge in [0, 0.05) is 22.5 Å². The Morgan fingerprint density at radius 3 is 2.50 bits per heavy atom. The van der Waals surface area contributed by atoms with Crippen LogP contribution >= 0.6 is 0 Å². The van der Waals surface area contributed by atoms with Crippen LogP contribution in [0.4, 0.5) is 0 Å². The lowest BCUT2D eigenvalue weighted by atomic mass is 10.0. The molecule has 0 atom stereocenters. The fraction of sp³-hybridized carbons (Fsp3) is 0.136. The van der Waals surface area contributed by atoms with E-state index in [0.717, 1.165) is 27.4 Å². The van der Waals surface area contributed by atoms with Crippen LogP contribution in [0.3, 0.4) is 0 Å². The van der Waals surface area contributed by atoms with Gasteiger partial charge in [-0.2, -0.15) is 0 Å². The highest BCUT2D eigenvalue weighted by atomic mass is 16.5. The first-order valence-electron chi connectivity index (χ1n) is 8.80. The summed E-state index contributed by atoms with van der Waals surface area (Å²) < 4.78 is 10.4. The number of benzene rings is 2. The van der Waals surface area contributed by atoms with Crippen LogP contribution < -0.4 is 0 Å². The van der Waals surface area contributed by atoms with E-state index in [2.05, 4.69) is 9.97 Å². The number of nitrogens with one attached hydrogen (secondary N) is 1. The number of aromatic amines is 1. The summed E-state index contributed by atoms with van der Waals surface area (Å²) in [5.74, 6) is -0.991. The van der Waals surface area contributed by atoms with Gasteiger partial charge in [-0.25, -0.2) is 14.6 Å². The van der Waals surface area contributed by atoms with Gasteiger partial charge in [0.05, 0.1) is 29.4 Å². The Morgan fingerprint density at radius 2 is 1.71 bits per heavy atom. The van der Waals surface area contributed by atoms with Gasteiger partial charge in [0.15, 0.2) is 0 Å². The lowest BCUT2D eigenvalue weighted by Crippen LogP contribution is -2.14. The second kappa shape index (κ2) is 7.15. The van der Waals surface area contributed by atoms with E-state index < -0.39 is 11.9 Å². The summed E-state index contributed by atoms with van der Waals surface area (Å²) in [6, 6.07) is 15.0. The van der Waals surface area contributed by atoms with Crippen LogP contribution in [0.1, 0.15) is 32.0 Å². The standard InChI is InChI=1S/C22H18N2O4/c1-13-14-7-3-6-10-18(14)24-19(20(13)22(26)27-2)12-28-21(25)16-11-23-17-9-5-4-8-15(16)17/h3-11,23H,12H2,1-2H3. The number of aryl methyl sites for hydroxylation is 1. The van der Waals surface area contributed by atoms with Crippen LogP contribution in [0.25, 0.3) is 21.8 Å². The van der Waals surface area contributed by atoms with E-state index in [1.807, 2.05) is 55.5 Å². The molecular formula is C22H18N2O4. The summed E-state index contributed by atoms with van der Waals surface area (Å²) in [7, 11) is 1.32. The summed E-state index contributed by atoms with van der Waals surface area (Å²) in [6.07, 6.45) is 1.62. The largest absolute Gasteiger partial charge is 0.465 e. The zero-order valence-corrected chi connectivity index (χ0v) is 15.5. The van der Waals surface area contributed by atoms with Crippen molar-refractivity contribution in [2.45, 2.75) is 13.5 Å². The number of carbonyl (C=O) groups is 2. The molecule has 2 heterocycles. The predicted octanol–water partition coefficient (Wildman–Crippen LogP) is 4.17. The number of rotatable bonds is 4. The Labute approximate surface area is 161 Å². The Bertz CT molecular complexity index is 1210. The number of hydrogen-bond donors (Lipinski definition) is 1. The molecule has 2 aromatic carbocycles. The normalized spacial score (nSPS) is 10.9. The molecule has 1 N–H and O–H groups in total. The van der Waals surface area contributed by atoms with Crippen molar-refractivity contribution in [3.05, 3.63) is 77.1 Å². The molecule has 0 radical (unpaired) electrons. The minimum atomic E-state index is -0.506. The molecule has 0 spiro atoms. The molecule has 6 nitrogen and oxygen atoms in total. The van der Waals surface area contributed by atoms with Crippen molar-refractivity contribution in [2.24, 2.45) is 0 Å². The Balaban J connectivity index is 1.69. The third-order valence-corrected chi connectivity index (χ3v) is 4.77. The lowest BCUT2D eigenvalue weighted by Gasteiger charge is -2.13. The molecule has 0 aliphatic carbocycles. The highest BCUT2D eigenvalue weighted by molar-refractivity contribution is 6.04. The third-order valence-electron chi connectivity index (χ3n) is 4.77. The highest BCUT2D eigenvalue weighted by Crippen LogP contribution is 2.25. The van der Waals surface area contributed by atoms with Crippen LogP contribution in [0.2, 0.25) is 0 Å². The summed E-state index contributed by atoms with van der Waals surface area (Å²) in [6.45, 7) is 1.70. The van der Waals surface area contributed by atoms with Gasteiger partial charge in [-0.15, -0.1) is 0 Å². The molecule has 0 aliphatic heterocycles. The number of esters is 2. The summed E-state index contributed by atoms with van der Waals surface area (Å²) in [5.41, 5.74) is 3.46. The maximum atomic E-state index is 12.6. The van der Waals surface area contributed by atoms with Gasteiger partial charge in [-0.3, -0.25) is 0 Å². The number of ether oxygens (including phenoxy) is 2. The van der Waals surface area contributed by atoms with Gasteiger partial charge >= 0.3 is 11.9 Å². The molecule has 6 heteroatoms. The van der Waals surface area contributed by atoms with Gasteiger partial charge in [0.1, 0.15) is 6.61 Å². The fourth-order valence-electron chi connectivity index (χ4n) is 3.37. The molecule has 2 aromatic heterocycles. The maximum Gasteiger partial charge on any atom is 0.340 e. The minimum absolute atomic E-state index is 0.131. The third kappa shape index (κ3) is 2.99. The molecule has 28 heavy (non-hydrogen) atoms. The highest BCUT2D eigenvalue weighted by Gasteiger charge is 2.21. The van der Waals surface area contributed by atoms with Crippen LogP contribution in [-0.4, -0.2) is 29.0 Å².